The summed E-state index contributed by atoms with van der Waals surface area (Å²) in [7, 11) is 3.31. The second-order valence-electron chi connectivity index (χ2n) is 7.49. The summed E-state index contributed by atoms with van der Waals surface area (Å²) in [6.45, 7) is 0. The van der Waals surface area contributed by atoms with E-state index in [2.05, 4.69) is 22.4 Å². The minimum atomic E-state index is -0.0393. The molecular formula is C22H26N2O3. The molecule has 0 spiro atoms. The van der Waals surface area contributed by atoms with Crippen LogP contribution in [0.2, 0.25) is 0 Å². The van der Waals surface area contributed by atoms with Crippen LogP contribution < -0.4 is 14.8 Å². The third kappa shape index (κ3) is 3.27. The van der Waals surface area contributed by atoms with E-state index < -0.39 is 0 Å². The molecule has 2 aromatic rings. The first-order chi connectivity index (χ1) is 13.2. The van der Waals surface area contributed by atoms with Gasteiger partial charge in [-0.2, -0.15) is 0 Å². The van der Waals surface area contributed by atoms with Gasteiger partial charge >= 0.3 is 0 Å². The highest BCUT2D eigenvalue weighted by molar-refractivity contribution is 5.94. The maximum absolute atomic E-state index is 12.7. The molecule has 0 saturated heterocycles. The average Bonchev–Trinajstić information content (AvgIpc) is 2.72. The number of nitrogens with one attached hydrogen (secondary N) is 1. The van der Waals surface area contributed by atoms with Crippen molar-refractivity contribution >= 4 is 5.91 Å². The molecule has 142 valence electrons. The normalized spacial score (nSPS) is 26.4. The summed E-state index contributed by atoms with van der Waals surface area (Å²) in [4.78, 5) is 16.8. The number of hydrogen-bond acceptors (Lipinski definition) is 4. The van der Waals surface area contributed by atoms with E-state index in [0.717, 1.165) is 11.5 Å². The van der Waals surface area contributed by atoms with Crippen molar-refractivity contribution in [3.8, 4) is 11.5 Å². The van der Waals surface area contributed by atoms with Crippen LogP contribution in [-0.2, 0) is 0 Å². The maximum atomic E-state index is 12.7. The molecule has 2 aliphatic rings. The van der Waals surface area contributed by atoms with Crippen molar-refractivity contribution < 1.29 is 14.3 Å². The lowest BCUT2D eigenvalue weighted by atomic mass is 9.53. The number of aromatic nitrogens is 1. The van der Waals surface area contributed by atoms with Crippen LogP contribution in [0.15, 0.2) is 42.7 Å². The molecule has 4 atom stereocenters. The predicted octanol–water partition coefficient (Wildman–Crippen LogP) is 3.80. The van der Waals surface area contributed by atoms with Crippen LogP contribution in [0, 0.1) is 11.8 Å². The molecule has 1 N–H and O–H groups in total. The average molecular weight is 366 g/mol. The molecule has 0 radical (unpaired) electrons. The summed E-state index contributed by atoms with van der Waals surface area (Å²) < 4.78 is 10.9. The molecule has 27 heavy (non-hydrogen) atoms. The number of rotatable bonds is 5. The van der Waals surface area contributed by atoms with E-state index in [1.54, 1.807) is 32.7 Å². The highest BCUT2D eigenvalue weighted by Gasteiger charge is 2.52. The molecule has 2 saturated carbocycles. The molecule has 0 bridgehead atoms. The lowest BCUT2D eigenvalue weighted by molar-refractivity contribution is 0.0251. The summed E-state index contributed by atoms with van der Waals surface area (Å²) in [5, 5.41) is 3.30. The maximum Gasteiger partial charge on any atom is 0.253 e. The molecule has 4 rings (SSSR count). The van der Waals surface area contributed by atoms with Crippen molar-refractivity contribution in [2.45, 2.75) is 37.6 Å². The fourth-order valence-electron chi connectivity index (χ4n) is 4.91. The Morgan fingerprint density at radius 1 is 1.07 bits per heavy atom. The van der Waals surface area contributed by atoms with E-state index in [-0.39, 0.29) is 11.9 Å². The number of ether oxygens (including phenoxy) is 2. The number of hydrogen-bond donors (Lipinski definition) is 1. The minimum Gasteiger partial charge on any atom is -0.493 e. The van der Waals surface area contributed by atoms with Crippen molar-refractivity contribution in [1.29, 1.82) is 0 Å². The molecule has 1 amide bonds. The molecule has 0 unspecified atom stereocenters. The highest BCUT2D eigenvalue weighted by atomic mass is 16.5. The molecule has 2 aliphatic carbocycles. The van der Waals surface area contributed by atoms with Crippen LogP contribution in [0.4, 0.5) is 0 Å². The van der Waals surface area contributed by atoms with Crippen LogP contribution >= 0.6 is 0 Å². The summed E-state index contributed by atoms with van der Waals surface area (Å²) in [5.41, 5.74) is 1.83. The van der Waals surface area contributed by atoms with E-state index in [1.165, 1.54) is 31.2 Å². The molecule has 1 heterocycles. The smallest absolute Gasteiger partial charge is 0.253 e. The van der Waals surface area contributed by atoms with Gasteiger partial charge < -0.3 is 14.8 Å². The largest absolute Gasteiger partial charge is 0.493 e. The number of fused-ring (bicyclic) bond motifs is 1. The van der Waals surface area contributed by atoms with Gasteiger partial charge in [0.05, 0.1) is 19.8 Å². The van der Waals surface area contributed by atoms with E-state index in [9.17, 15) is 4.79 Å². The van der Waals surface area contributed by atoms with Crippen LogP contribution in [-0.4, -0.2) is 31.2 Å². The fraction of sp³-hybridized carbons (Fsp3) is 0.455. The molecule has 1 aromatic carbocycles. The van der Waals surface area contributed by atoms with Gasteiger partial charge in [-0.1, -0.05) is 18.9 Å². The third-order valence-corrected chi connectivity index (χ3v) is 6.20. The Kier molecular flexibility index (Phi) is 5.01. The Hall–Kier alpha value is -2.56. The summed E-state index contributed by atoms with van der Waals surface area (Å²) in [5.74, 6) is 2.93. The minimum absolute atomic E-state index is 0.0393. The van der Waals surface area contributed by atoms with E-state index in [4.69, 9.17) is 9.47 Å². The topological polar surface area (TPSA) is 60.5 Å². The molecule has 5 heteroatoms. The Morgan fingerprint density at radius 3 is 2.56 bits per heavy atom. The number of nitrogens with zero attached hydrogens (tertiary/aromatic N) is 1. The first-order valence-corrected chi connectivity index (χ1v) is 9.65. The van der Waals surface area contributed by atoms with Crippen LogP contribution in [0.1, 0.15) is 47.5 Å². The van der Waals surface area contributed by atoms with Crippen LogP contribution in [0.3, 0.4) is 0 Å². The van der Waals surface area contributed by atoms with Crippen LogP contribution in [0.5, 0.6) is 11.5 Å². The van der Waals surface area contributed by atoms with Gasteiger partial charge in [-0.05, 0) is 54.5 Å². The monoisotopic (exact) mass is 366 g/mol. The fourth-order valence-corrected chi connectivity index (χ4v) is 4.91. The Bertz CT molecular complexity index is 808. The van der Waals surface area contributed by atoms with Gasteiger partial charge in [-0.3, -0.25) is 9.78 Å². The van der Waals surface area contributed by atoms with Gasteiger partial charge in [-0.15, -0.1) is 0 Å². The van der Waals surface area contributed by atoms with Gasteiger partial charge in [0.15, 0.2) is 11.5 Å². The third-order valence-electron chi connectivity index (χ3n) is 6.20. The Morgan fingerprint density at radius 2 is 1.85 bits per heavy atom. The van der Waals surface area contributed by atoms with Crippen molar-refractivity contribution in [3.63, 3.8) is 0 Å². The number of pyridine rings is 1. The summed E-state index contributed by atoms with van der Waals surface area (Å²) in [6, 6.07) is 9.90. The molecule has 1 aromatic heterocycles. The number of benzene rings is 1. The molecule has 2 fully saturated rings. The number of methoxy groups -OCH3 is 2. The lowest BCUT2D eigenvalue weighted by Gasteiger charge is -2.55. The van der Waals surface area contributed by atoms with Crippen molar-refractivity contribution in [2.24, 2.45) is 11.8 Å². The SMILES string of the molecule is COc1ccc([C@H]2[C@@H]3CCCC[C@@H]3[C@@H]2NC(=O)c2cccnc2)cc1OC. The second-order valence-corrected chi connectivity index (χ2v) is 7.49. The quantitative estimate of drug-likeness (QED) is 0.874. The molecular weight excluding hydrogens is 340 g/mol. The van der Waals surface area contributed by atoms with E-state index in [0.29, 0.717) is 23.3 Å². The standard InChI is InChI=1S/C22H26N2O3/c1-26-18-10-9-14(12-19(18)27-2)20-16-7-3-4-8-17(16)21(20)24-22(25)15-6-5-11-23-13-15/h5-6,9-13,16-17,20-21H,3-4,7-8H2,1-2H3,(H,24,25)/t16-,17+,20+,21+/m1/s1. The summed E-state index contributed by atoms with van der Waals surface area (Å²) >= 11 is 0. The number of carbonyl (C=O) groups is 1. The zero-order valence-corrected chi connectivity index (χ0v) is 15.9. The number of amides is 1. The van der Waals surface area contributed by atoms with Crippen LogP contribution in [0.25, 0.3) is 0 Å². The van der Waals surface area contributed by atoms with Gasteiger partial charge in [0.1, 0.15) is 0 Å². The van der Waals surface area contributed by atoms with Gasteiger partial charge in [0, 0.05) is 24.4 Å². The van der Waals surface area contributed by atoms with Gasteiger partial charge in [0.2, 0.25) is 0 Å². The molecule has 0 aliphatic heterocycles. The zero-order valence-electron chi connectivity index (χ0n) is 15.9. The van der Waals surface area contributed by atoms with Gasteiger partial charge in [-0.25, -0.2) is 0 Å². The predicted molar refractivity (Wildman–Crippen MR) is 103 cm³/mol. The van der Waals surface area contributed by atoms with E-state index in [1.807, 2.05) is 12.1 Å². The molecule has 5 nitrogen and oxygen atoms in total. The van der Waals surface area contributed by atoms with Crippen molar-refractivity contribution in [2.75, 3.05) is 14.2 Å². The first kappa shape index (κ1) is 17.8. The lowest BCUT2D eigenvalue weighted by Crippen LogP contribution is -2.59. The van der Waals surface area contributed by atoms with Gasteiger partial charge in [0.25, 0.3) is 5.91 Å². The van der Waals surface area contributed by atoms with Crippen molar-refractivity contribution in [1.82, 2.24) is 10.3 Å². The Balaban J connectivity index is 1.60. The number of carbonyl (C=O) groups excluding carboxylic acids is 1. The zero-order chi connectivity index (χ0) is 18.8. The highest BCUT2D eigenvalue weighted by Crippen LogP contribution is 2.55. The summed E-state index contributed by atoms with van der Waals surface area (Å²) in [6.07, 6.45) is 8.24. The van der Waals surface area contributed by atoms with Crippen molar-refractivity contribution in [3.05, 3.63) is 53.9 Å². The first-order valence-electron chi connectivity index (χ1n) is 9.65. The second kappa shape index (κ2) is 7.59. The van der Waals surface area contributed by atoms with E-state index >= 15 is 0 Å². The Labute approximate surface area is 160 Å².